The summed E-state index contributed by atoms with van der Waals surface area (Å²) < 4.78 is 0. The van der Waals surface area contributed by atoms with E-state index in [0.717, 1.165) is 0 Å². The van der Waals surface area contributed by atoms with Gasteiger partial charge in [-0.2, -0.15) is 0 Å². The van der Waals surface area contributed by atoms with Gasteiger partial charge in [-0.05, 0) is 18.6 Å². The van der Waals surface area contributed by atoms with Crippen LogP contribution in [-0.2, 0) is 9.59 Å². The van der Waals surface area contributed by atoms with E-state index in [1.54, 1.807) is 0 Å². The standard InChI is InChI=1S/C12H13N3O4/c1-2-8-11(17)14-10(16)6-15(8)9-5-7(12(18)19)3-4-13-9/h3-5,8H,2,6H2,1H3,(H,18,19)(H,14,16,17). The fourth-order valence-corrected chi connectivity index (χ4v) is 2.02. The summed E-state index contributed by atoms with van der Waals surface area (Å²) in [4.78, 5) is 39.6. The number of pyridine rings is 1. The van der Waals surface area contributed by atoms with E-state index in [-0.39, 0.29) is 18.0 Å². The Morgan fingerprint density at radius 2 is 2.32 bits per heavy atom. The van der Waals surface area contributed by atoms with Crippen LogP contribution >= 0.6 is 0 Å². The van der Waals surface area contributed by atoms with E-state index in [9.17, 15) is 14.4 Å². The molecule has 1 saturated heterocycles. The van der Waals surface area contributed by atoms with Crippen molar-refractivity contribution in [2.75, 3.05) is 11.4 Å². The van der Waals surface area contributed by atoms with Gasteiger partial charge in [0, 0.05) is 6.20 Å². The topological polar surface area (TPSA) is 99.6 Å². The lowest BCUT2D eigenvalue weighted by Crippen LogP contribution is -2.58. The average Bonchev–Trinajstić information content (AvgIpc) is 2.38. The maximum atomic E-state index is 11.7. The van der Waals surface area contributed by atoms with Crippen LogP contribution in [0.2, 0.25) is 0 Å². The normalized spacial score (nSPS) is 19.2. The quantitative estimate of drug-likeness (QED) is 0.746. The summed E-state index contributed by atoms with van der Waals surface area (Å²) in [6.45, 7) is 1.80. The highest BCUT2D eigenvalue weighted by Gasteiger charge is 2.33. The largest absolute Gasteiger partial charge is 0.478 e. The molecule has 7 heteroatoms. The number of nitrogens with zero attached hydrogens (tertiary/aromatic N) is 2. The number of rotatable bonds is 3. The lowest BCUT2D eigenvalue weighted by Gasteiger charge is -2.34. The maximum absolute atomic E-state index is 11.7. The van der Waals surface area contributed by atoms with Crippen molar-refractivity contribution >= 4 is 23.6 Å². The van der Waals surface area contributed by atoms with Crippen LogP contribution in [0.3, 0.4) is 0 Å². The van der Waals surface area contributed by atoms with Crippen LogP contribution in [0.4, 0.5) is 5.82 Å². The van der Waals surface area contributed by atoms with Gasteiger partial charge in [0.15, 0.2) is 0 Å². The number of carboxylic acids is 1. The first kappa shape index (κ1) is 13.0. The first-order valence-electron chi connectivity index (χ1n) is 5.82. The highest BCUT2D eigenvalue weighted by molar-refractivity contribution is 6.04. The first-order chi connectivity index (χ1) is 9.02. The SMILES string of the molecule is CCC1C(=O)NC(=O)CN1c1cc(C(=O)O)ccn1. The molecule has 0 saturated carbocycles. The molecular formula is C12H13N3O4. The zero-order valence-corrected chi connectivity index (χ0v) is 10.3. The van der Waals surface area contributed by atoms with Crippen LogP contribution in [-0.4, -0.2) is 40.5 Å². The molecule has 1 aromatic rings. The summed E-state index contributed by atoms with van der Waals surface area (Å²) in [5.41, 5.74) is 0.0679. The van der Waals surface area contributed by atoms with Gasteiger partial charge in [0.05, 0.1) is 12.1 Å². The van der Waals surface area contributed by atoms with Crippen LogP contribution in [0.1, 0.15) is 23.7 Å². The minimum atomic E-state index is -1.08. The number of amides is 2. The Labute approximate surface area is 109 Å². The van der Waals surface area contributed by atoms with E-state index in [1.807, 2.05) is 6.92 Å². The molecule has 19 heavy (non-hydrogen) atoms. The predicted octanol–water partition coefficient (Wildman–Crippen LogP) is 0.0212. The molecule has 1 atom stereocenters. The number of piperazine rings is 1. The summed E-state index contributed by atoms with van der Waals surface area (Å²) in [6, 6.07) is 2.20. The number of imide groups is 1. The van der Waals surface area contributed by atoms with E-state index in [4.69, 9.17) is 5.11 Å². The molecular weight excluding hydrogens is 250 g/mol. The molecule has 7 nitrogen and oxygen atoms in total. The smallest absolute Gasteiger partial charge is 0.335 e. The van der Waals surface area contributed by atoms with Gasteiger partial charge in [-0.3, -0.25) is 14.9 Å². The van der Waals surface area contributed by atoms with Gasteiger partial charge in [0.1, 0.15) is 11.9 Å². The number of hydrogen-bond acceptors (Lipinski definition) is 5. The van der Waals surface area contributed by atoms with Gasteiger partial charge < -0.3 is 10.0 Å². The van der Waals surface area contributed by atoms with Crippen molar-refractivity contribution in [3.8, 4) is 0 Å². The number of aromatic carboxylic acids is 1. The molecule has 0 radical (unpaired) electrons. The Kier molecular flexibility index (Phi) is 3.46. The Balaban J connectivity index is 2.37. The molecule has 0 aliphatic carbocycles. The second-order valence-electron chi connectivity index (χ2n) is 4.17. The molecule has 2 rings (SSSR count). The lowest BCUT2D eigenvalue weighted by molar-refractivity contribution is -0.132. The van der Waals surface area contributed by atoms with E-state index in [2.05, 4.69) is 10.3 Å². The van der Waals surface area contributed by atoms with Crippen molar-refractivity contribution in [1.82, 2.24) is 10.3 Å². The van der Waals surface area contributed by atoms with Crippen LogP contribution in [0.5, 0.6) is 0 Å². The fourth-order valence-electron chi connectivity index (χ4n) is 2.02. The summed E-state index contributed by atoms with van der Waals surface area (Å²) in [6.07, 6.45) is 1.85. The molecule has 1 aromatic heterocycles. The monoisotopic (exact) mass is 263 g/mol. The number of carbonyl (C=O) groups excluding carboxylic acids is 2. The highest BCUT2D eigenvalue weighted by Crippen LogP contribution is 2.19. The molecule has 0 spiro atoms. The van der Waals surface area contributed by atoms with Crippen LogP contribution in [0, 0.1) is 0 Å². The number of carboxylic acid groups (broad SMARTS) is 1. The Hall–Kier alpha value is -2.44. The van der Waals surface area contributed by atoms with Gasteiger partial charge in [0.25, 0.3) is 0 Å². The van der Waals surface area contributed by atoms with Crippen molar-refractivity contribution in [3.05, 3.63) is 23.9 Å². The summed E-state index contributed by atoms with van der Waals surface area (Å²) in [5.74, 6) is -1.57. The van der Waals surface area contributed by atoms with Crippen molar-refractivity contribution in [2.24, 2.45) is 0 Å². The molecule has 2 heterocycles. The van der Waals surface area contributed by atoms with Gasteiger partial charge in [0.2, 0.25) is 11.8 Å². The lowest BCUT2D eigenvalue weighted by atomic mass is 10.1. The molecule has 0 bridgehead atoms. The zero-order chi connectivity index (χ0) is 14.0. The number of nitrogens with one attached hydrogen (secondary N) is 1. The highest BCUT2D eigenvalue weighted by atomic mass is 16.4. The van der Waals surface area contributed by atoms with E-state index in [1.165, 1.54) is 23.2 Å². The molecule has 0 aromatic carbocycles. The Bertz CT molecular complexity index is 544. The van der Waals surface area contributed by atoms with Gasteiger partial charge in [-0.1, -0.05) is 6.92 Å². The summed E-state index contributed by atoms with van der Waals surface area (Å²) in [7, 11) is 0. The minimum Gasteiger partial charge on any atom is -0.478 e. The van der Waals surface area contributed by atoms with Crippen LogP contribution in [0.25, 0.3) is 0 Å². The number of carbonyl (C=O) groups is 3. The second-order valence-corrected chi connectivity index (χ2v) is 4.17. The molecule has 1 aliphatic rings. The molecule has 100 valence electrons. The van der Waals surface area contributed by atoms with E-state index in [0.29, 0.717) is 12.2 Å². The third-order valence-corrected chi connectivity index (χ3v) is 2.93. The molecule has 1 fully saturated rings. The van der Waals surface area contributed by atoms with E-state index >= 15 is 0 Å². The van der Waals surface area contributed by atoms with E-state index < -0.39 is 17.9 Å². The Morgan fingerprint density at radius 3 is 2.95 bits per heavy atom. The second kappa shape index (κ2) is 5.05. The molecule has 1 unspecified atom stereocenters. The zero-order valence-electron chi connectivity index (χ0n) is 10.3. The van der Waals surface area contributed by atoms with Gasteiger partial charge in [-0.15, -0.1) is 0 Å². The number of hydrogen-bond donors (Lipinski definition) is 2. The van der Waals surface area contributed by atoms with Crippen LogP contribution in [0.15, 0.2) is 18.3 Å². The van der Waals surface area contributed by atoms with Gasteiger partial charge >= 0.3 is 5.97 Å². The fraction of sp³-hybridized carbons (Fsp3) is 0.333. The van der Waals surface area contributed by atoms with Crippen molar-refractivity contribution in [2.45, 2.75) is 19.4 Å². The van der Waals surface area contributed by atoms with Crippen LogP contribution < -0.4 is 10.2 Å². The first-order valence-corrected chi connectivity index (χ1v) is 5.82. The summed E-state index contributed by atoms with van der Waals surface area (Å²) in [5, 5.41) is 11.2. The maximum Gasteiger partial charge on any atom is 0.335 e. The minimum absolute atomic E-state index is 0.0136. The average molecular weight is 263 g/mol. The summed E-state index contributed by atoms with van der Waals surface area (Å²) >= 11 is 0. The molecule has 1 aliphatic heterocycles. The van der Waals surface area contributed by atoms with Crippen molar-refractivity contribution in [1.29, 1.82) is 0 Å². The van der Waals surface area contributed by atoms with Gasteiger partial charge in [-0.25, -0.2) is 9.78 Å². The predicted molar refractivity (Wildman–Crippen MR) is 65.8 cm³/mol. The molecule has 2 N–H and O–H groups in total. The van der Waals surface area contributed by atoms with Crippen molar-refractivity contribution < 1.29 is 19.5 Å². The Morgan fingerprint density at radius 1 is 1.58 bits per heavy atom. The third-order valence-electron chi connectivity index (χ3n) is 2.93. The number of anilines is 1. The number of aromatic nitrogens is 1. The molecule has 2 amide bonds. The third kappa shape index (κ3) is 2.54. The van der Waals surface area contributed by atoms with Crippen molar-refractivity contribution in [3.63, 3.8) is 0 Å².